The second kappa shape index (κ2) is 4.79. The van der Waals surface area contributed by atoms with E-state index in [4.69, 9.17) is 4.74 Å². The molecule has 122 valence electrons. The summed E-state index contributed by atoms with van der Waals surface area (Å²) in [7, 11) is 0. The largest absolute Gasteiger partial charge is 0.392 e. The van der Waals surface area contributed by atoms with Gasteiger partial charge in [0.25, 0.3) is 0 Å². The van der Waals surface area contributed by atoms with Crippen LogP contribution in [0.5, 0.6) is 0 Å². The van der Waals surface area contributed by atoms with E-state index in [2.05, 4.69) is 39.1 Å². The van der Waals surface area contributed by atoms with E-state index >= 15 is 0 Å². The number of aliphatic hydroxyl groups excluding tert-OH is 1. The van der Waals surface area contributed by atoms with E-state index in [1.54, 1.807) is 18.3 Å². The highest BCUT2D eigenvalue weighted by Crippen LogP contribution is 2.50. The first kappa shape index (κ1) is 16.0. The van der Waals surface area contributed by atoms with Gasteiger partial charge in [0.05, 0.1) is 27.7 Å². The minimum absolute atomic E-state index is 0.0564. The van der Waals surface area contributed by atoms with E-state index < -0.39 is 11.5 Å². The third-order valence-corrected chi connectivity index (χ3v) is 6.18. The number of thiophene rings is 1. The fourth-order valence-electron chi connectivity index (χ4n) is 3.57. The standard InChI is InChI=1S/C17H25NO3S/c1-10(19)17(6-7-17)14(20)18-12-8-11-9-15(2,3)21-16(4,5)13(11)22-12/h8,10,19H,6-7,9H2,1-5H3,(H,18,20). The molecule has 3 rings (SSSR count). The summed E-state index contributed by atoms with van der Waals surface area (Å²) in [5, 5.41) is 13.7. The summed E-state index contributed by atoms with van der Waals surface area (Å²) in [5.41, 5.74) is 0.140. The van der Waals surface area contributed by atoms with Gasteiger partial charge in [-0.1, -0.05) is 0 Å². The SMILES string of the molecule is CC(O)C1(C(=O)Nc2cc3c(s2)C(C)(C)OC(C)(C)C3)CC1. The number of hydrogen-bond acceptors (Lipinski definition) is 4. The van der Waals surface area contributed by atoms with Crippen molar-refractivity contribution in [2.75, 3.05) is 5.32 Å². The van der Waals surface area contributed by atoms with Crippen LogP contribution in [-0.2, 0) is 21.6 Å². The first-order valence-corrected chi connectivity index (χ1v) is 8.70. The molecule has 1 aromatic rings. The molecule has 1 aliphatic carbocycles. The smallest absolute Gasteiger partial charge is 0.233 e. The topological polar surface area (TPSA) is 58.6 Å². The molecule has 1 fully saturated rings. The van der Waals surface area contributed by atoms with Crippen LogP contribution in [0.2, 0.25) is 0 Å². The van der Waals surface area contributed by atoms with Crippen molar-refractivity contribution in [2.24, 2.45) is 5.41 Å². The van der Waals surface area contributed by atoms with Crippen molar-refractivity contribution >= 4 is 22.2 Å². The molecule has 1 aromatic heterocycles. The van der Waals surface area contributed by atoms with Gasteiger partial charge in [-0.2, -0.15) is 0 Å². The molecule has 5 heteroatoms. The molecule has 0 radical (unpaired) electrons. The molecule has 2 N–H and O–H groups in total. The Hall–Kier alpha value is -0.910. The fraction of sp³-hybridized carbons (Fsp3) is 0.706. The van der Waals surface area contributed by atoms with Gasteiger partial charge < -0.3 is 15.2 Å². The van der Waals surface area contributed by atoms with Gasteiger partial charge in [-0.15, -0.1) is 11.3 Å². The number of amides is 1. The summed E-state index contributed by atoms with van der Waals surface area (Å²) in [4.78, 5) is 13.6. The van der Waals surface area contributed by atoms with Crippen LogP contribution in [-0.4, -0.2) is 22.7 Å². The van der Waals surface area contributed by atoms with Crippen molar-refractivity contribution in [3.05, 3.63) is 16.5 Å². The van der Waals surface area contributed by atoms with Gasteiger partial charge in [-0.25, -0.2) is 0 Å². The van der Waals surface area contributed by atoms with Crippen molar-refractivity contribution in [3.8, 4) is 0 Å². The summed E-state index contributed by atoms with van der Waals surface area (Å²) in [5.74, 6) is -0.0564. The van der Waals surface area contributed by atoms with E-state index in [9.17, 15) is 9.90 Å². The van der Waals surface area contributed by atoms with Crippen molar-refractivity contribution in [2.45, 2.75) is 71.2 Å². The van der Waals surface area contributed by atoms with E-state index in [1.807, 2.05) is 0 Å². The number of rotatable bonds is 3. The summed E-state index contributed by atoms with van der Waals surface area (Å²) >= 11 is 1.59. The molecule has 2 aliphatic rings. The fourth-order valence-corrected chi connectivity index (χ4v) is 4.68. The summed E-state index contributed by atoms with van der Waals surface area (Å²) in [6.45, 7) is 10.0. The van der Waals surface area contributed by atoms with E-state index in [0.29, 0.717) is 0 Å². The Kier molecular flexibility index (Phi) is 3.48. The zero-order valence-corrected chi connectivity index (χ0v) is 14.8. The number of carbonyl (C=O) groups excluding carboxylic acids is 1. The molecule has 1 atom stereocenters. The molecule has 1 unspecified atom stereocenters. The number of nitrogens with one attached hydrogen (secondary N) is 1. The predicted octanol–water partition coefficient (Wildman–Crippen LogP) is 3.43. The quantitative estimate of drug-likeness (QED) is 0.896. The van der Waals surface area contributed by atoms with Gasteiger partial charge in [0.1, 0.15) is 0 Å². The van der Waals surface area contributed by atoms with Crippen LogP contribution in [0.15, 0.2) is 6.07 Å². The highest BCUT2D eigenvalue weighted by Gasteiger charge is 2.54. The molecule has 1 saturated carbocycles. The molecule has 4 nitrogen and oxygen atoms in total. The Morgan fingerprint density at radius 3 is 2.55 bits per heavy atom. The molecule has 0 aromatic carbocycles. The van der Waals surface area contributed by atoms with E-state index in [-0.39, 0.29) is 17.1 Å². The highest BCUT2D eigenvalue weighted by molar-refractivity contribution is 7.16. The average Bonchev–Trinajstić information content (AvgIpc) is 3.05. The molecule has 0 saturated heterocycles. The highest BCUT2D eigenvalue weighted by atomic mass is 32.1. The van der Waals surface area contributed by atoms with E-state index in [0.717, 1.165) is 24.3 Å². The maximum Gasteiger partial charge on any atom is 0.233 e. The number of hydrogen-bond donors (Lipinski definition) is 2. The van der Waals surface area contributed by atoms with E-state index in [1.165, 1.54) is 10.4 Å². The van der Waals surface area contributed by atoms with Crippen molar-refractivity contribution in [1.29, 1.82) is 0 Å². The van der Waals surface area contributed by atoms with Crippen molar-refractivity contribution in [1.82, 2.24) is 0 Å². The molecule has 1 aliphatic heterocycles. The third kappa shape index (κ3) is 2.59. The van der Waals surface area contributed by atoms with Crippen LogP contribution < -0.4 is 5.32 Å². The van der Waals surface area contributed by atoms with Crippen LogP contribution in [0, 0.1) is 5.41 Å². The Morgan fingerprint density at radius 2 is 2.00 bits per heavy atom. The molecule has 2 heterocycles. The maximum atomic E-state index is 12.4. The lowest BCUT2D eigenvalue weighted by Gasteiger charge is -2.41. The predicted molar refractivity (Wildman–Crippen MR) is 88.2 cm³/mol. The van der Waals surface area contributed by atoms with Gasteiger partial charge in [0.2, 0.25) is 5.91 Å². The molecular weight excluding hydrogens is 298 g/mol. The van der Waals surface area contributed by atoms with Gasteiger partial charge in [-0.3, -0.25) is 4.79 Å². The van der Waals surface area contributed by atoms with Gasteiger partial charge >= 0.3 is 0 Å². The van der Waals surface area contributed by atoms with Crippen LogP contribution in [0.4, 0.5) is 5.00 Å². The Morgan fingerprint density at radius 1 is 1.36 bits per heavy atom. The lowest BCUT2D eigenvalue weighted by atomic mass is 9.89. The van der Waals surface area contributed by atoms with Crippen LogP contribution in [0.3, 0.4) is 0 Å². The van der Waals surface area contributed by atoms with Crippen LogP contribution >= 0.6 is 11.3 Å². The summed E-state index contributed by atoms with van der Waals surface area (Å²) in [6, 6.07) is 2.07. The number of anilines is 1. The lowest BCUT2D eigenvalue weighted by Crippen LogP contribution is -2.41. The molecule has 1 amide bonds. The Balaban J connectivity index is 1.84. The zero-order chi connectivity index (χ0) is 16.3. The van der Waals surface area contributed by atoms with Crippen LogP contribution in [0.1, 0.15) is 57.9 Å². The third-order valence-electron chi connectivity index (χ3n) is 4.78. The second-order valence-corrected chi connectivity index (χ2v) is 8.85. The number of fused-ring (bicyclic) bond motifs is 1. The molecule has 0 bridgehead atoms. The first-order valence-electron chi connectivity index (χ1n) is 7.89. The Labute approximate surface area is 135 Å². The van der Waals surface area contributed by atoms with Crippen molar-refractivity contribution in [3.63, 3.8) is 0 Å². The van der Waals surface area contributed by atoms with Gasteiger partial charge in [0, 0.05) is 11.3 Å². The van der Waals surface area contributed by atoms with Gasteiger partial charge in [0.15, 0.2) is 0 Å². The number of ether oxygens (including phenoxy) is 1. The lowest BCUT2D eigenvalue weighted by molar-refractivity contribution is -0.135. The maximum absolute atomic E-state index is 12.4. The van der Waals surface area contributed by atoms with Crippen LogP contribution in [0.25, 0.3) is 0 Å². The molecular formula is C17H25NO3S. The second-order valence-electron chi connectivity index (χ2n) is 7.80. The molecule has 22 heavy (non-hydrogen) atoms. The Bertz CT molecular complexity index is 611. The minimum Gasteiger partial charge on any atom is -0.392 e. The summed E-state index contributed by atoms with van der Waals surface area (Å²) in [6.07, 6.45) is 1.78. The zero-order valence-electron chi connectivity index (χ0n) is 13.9. The molecule has 0 spiro atoms. The van der Waals surface area contributed by atoms with Crippen molar-refractivity contribution < 1.29 is 14.6 Å². The minimum atomic E-state index is -0.596. The number of carbonyl (C=O) groups is 1. The average molecular weight is 323 g/mol. The van der Waals surface area contributed by atoms with Gasteiger partial charge in [-0.05, 0) is 59.1 Å². The monoisotopic (exact) mass is 323 g/mol. The normalized spacial score (nSPS) is 25.2. The summed E-state index contributed by atoms with van der Waals surface area (Å²) < 4.78 is 6.18. The number of aliphatic hydroxyl groups is 1. The first-order chi connectivity index (χ1) is 10.1.